The highest BCUT2D eigenvalue weighted by molar-refractivity contribution is 5.91. The fourth-order valence-electron chi connectivity index (χ4n) is 3.05. The molecule has 0 aliphatic heterocycles. The van der Waals surface area contributed by atoms with Gasteiger partial charge in [-0.25, -0.2) is 18.7 Å². The quantitative estimate of drug-likeness (QED) is 0.477. The number of amides is 1. The molecule has 0 fully saturated rings. The van der Waals surface area contributed by atoms with E-state index >= 15 is 0 Å². The molecule has 0 bridgehead atoms. The van der Waals surface area contributed by atoms with Crippen molar-refractivity contribution in [2.24, 2.45) is 7.05 Å². The van der Waals surface area contributed by atoms with E-state index in [2.05, 4.69) is 20.5 Å². The van der Waals surface area contributed by atoms with Gasteiger partial charge in [-0.3, -0.25) is 19.0 Å². The van der Waals surface area contributed by atoms with Crippen molar-refractivity contribution in [1.82, 2.24) is 34.4 Å². The average molecular weight is 423 g/mol. The summed E-state index contributed by atoms with van der Waals surface area (Å²) in [5.41, 5.74) is 0.713. The number of aromatic nitrogens is 6. The Morgan fingerprint density at radius 3 is 2.65 bits per heavy atom. The number of halogens is 1. The fourth-order valence-corrected chi connectivity index (χ4v) is 3.05. The van der Waals surface area contributed by atoms with Crippen LogP contribution in [0.4, 0.5) is 4.39 Å². The molecule has 158 valence electrons. The first-order chi connectivity index (χ1) is 14.9. The molecule has 0 saturated heterocycles. The van der Waals surface area contributed by atoms with Gasteiger partial charge in [0.05, 0.1) is 19.3 Å². The van der Waals surface area contributed by atoms with Crippen LogP contribution in [0.2, 0.25) is 0 Å². The zero-order valence-electron chi connectivity index (χ0n) is 16.5. The van der Waals surface area contributed by atoms with E-state index in [1.165, 1.54) is 53.1 Å². The van der Waals surface area contributed by atoms with E-state index in [0.29, 0.717) is 11.0 Å². The van der Waals surface area contributed by atoms with Crippen LogP contribution in [0, 0.1) is 5.82 Å². The summed E-state index contributed by atoms with van der Waals surface area (Å²) in [6.07, 6.45) is 2.85. The van der Waals surface area contributed by atoms with E-state index in [-0.39, 0.29) is 42.3 Å². The monoisotopic (exact) mass is 423 g/mol. The SMILES string of the molecule is Cn1nc(C(=O)NCCn2ncc3c(=O)n(Cc4ccc(F)cc4)cnc32)ccc1=O. The maximum Gasteiger partial charge on any atom is 0.271 e. The Kier molecular flexibility index (Phi) is 5.39. The van der Waals surface area contributed by atoms with Gasteiger partial charge >= 0.3 is 0 Å². The molecule has 1 aromatic carbocycles. The second-order valence-corrected chi connectivity index (χ2v) is 6.85. The number of hydrogen-bond acceptors (Lipinski definition) is 6. The smallest absolute Gasteiger partial charge is 0.271 e. The number of rotatable bonds is 6. The summed E-state index contributed by atoms with van der Waals surface area (Å²) < 4.78 is 17.1. The number of fused-ring (bicyclic) bond motifs is 1. The number of carbonyl (C=O) groups is 1. The van der Waals surface area contributed by atoms with Crippen molar-refractivity contribution in [3.05, 3.63) is 86.7 Å². The van der Waals surface area contributed by atoms with E-state index in [4.69, 9.17) is 0 Å². The lowest BCUT2D eigenvalue weighted by atomic mass is 10.2. The summed E-state index contributed by atoms with van der Waals surface area (Å²) >= 11 is 0. The van der Waals surface area contributed by atoms with Crippen molar-refractivity contribution in [1.29, 1.82) is 0 Å². The molecule has 1 amide bonds. The van der Waals surface area contributed by atoms with Crippen molar-refractivity contribution in [3.8, 4) is 0 Å². The summed E-state index contributed by atoms with van der Waals surface area (Å²) in [5.74, 6) is -0.771. The summed E-state index contributed by atoms with van der Waals surface area (Å²) in [5, 5.41) is 11.1. The van der Waals surface area contributed by atoms with Crippen LogP contribution >= 0.6 is 0 Å². The Bertz CT molecular complexity index is 1370. The second kappa shape index (κ2) is 8.30. The number of benzene rings is 1. The van der Waals surface area contributed by atoms with Crippen LogP contribution in [0.5, 0.6) is 0 Å². The molecule has 0 spiro atoms. The summed E-state index contributed by atoms with van der Waals surface area (Å²) in [7, 11) is 1.46. The molecule has 0 saturated carbocycles. The minimum absolute atomic E-state index is 0.120. The van der Waals surface area contributed by atoms with Crippen LogP contribution in [-0.4, -0.2) is 41.6 Å². The predicted octanol–water partition coefficient (Wildman–Crippen LogP) is 0.304. The predicted molar refractivity (Wildman–Crippen MR) is 109 cm³/mol. The molecule has 31 heavy (non-hydrogen) atoms. The van der Waals surface area contributed by atoms with E-state index in [9.17, 15) is 18.8 Å². The molecule has 4 aromatic rings. The van der Waals surface area contributed by atoms with Gasteiger partial charge in [0.25, 0.3) is 17.0 Å². The van der Waals surface area contributed by atoms with E-state index in [0.717, 1.165) is 10.2 Å². The van der Waals surface area contributed by atoms with E-state index < -0.39 is 5.91 Å². The maximum atomic E-state index is 13.1. The molecule has 0 unspecified atom stereocenters. The molecule has 0 radical (unpaired) electrons. The maximum absolute atomic E-state index is 13.1. The van der Waals surface area contributed by atoms with Gasteiger partial charge in [-0.1, -0.05) is 12.1 Å². The Balaban J connectivity index is 1.45. The first-order valence-corrected chi connectivity index (χ1v) is 9.40. The van der Waals surface area contributed by atoms with Gasteiger partial charge in [0.15, 0.2) is 5.65 Å². The minimum Gasteiger partial charge on any atom is -0.349 e. The first kappa shape index (κ1) is 20.1. The van der Waals surface area contributed by atoms with E-state index in [1.54, 1.807) is 12.1 Å². The lowest BCUT2D eigenvalue weighted by molar-refractivity contribution is 0.0944. The number of aryl methyl sites for hydroxylation is 1. The topological polar surface area (TPSA) is 117 Å². The Labute approximate surface area is 174 Å². The highest BCUT2D eigenvalue weighted by Crippen LogP contribution is 2.08. The van der Waals surface area contributed by atoms with Gasteiger partial charge in [0, 0.05) is 19.7 Å². The lowest BCUT2D eigenvalue weighted by Crippen LogP contribution is -2.30. The molecule has 1 N–H and O–H groups in total. The molecule has 10 nitrogen and oxygen atoms in total. The normalized spacial score (nSPS) is 11.0. The van der Waals surface area contributed by atoms with E-state index in [1.807, 2.05) is 0 Å². The third-order valence-corrected chi connectivity index (χ3v) is 4.69. The van der Waals surface area contributed by atoms with Gasteiger partial charge in [-0.2, -0.15) is 10.2 Å². The van der Waals surface area contributed by atoms with Crippen LogP contribution in [0.3, 0.4) is 0 Å². The molecular formula is C20H18FN7O3. The molecule has 0 aliphatic rings. The molecule has 0 atom stereocenters. The van der Waals surface area contributed by atoms with Crippen LogP contribution in [0.25, 0.3) is 11.0 Å². The Morgan fingerprint density at radius 1 is 1.13 bits per heavy atom. The molecular weight excluding hydrogens is 405 g/mol. The summed E-state index contributed by atoms with van der Waals surface area (Å²) in [6, 6.07) is 8.51. The standard InChI is InChI=1S/C20H18FN7O3/c1-26-17(29)7-6-16(25-26)19(30)22-8-9-28-18-15(10-24-28)20(31)27(12-23-18)11-13-2-4-14(21)5-3-13/h2-7,10,12H,8-9,11H2,1H3,(H,22,30). The van der Waals surface area contributed by atoms with Gasteiger partial charge in [-0.05, 0) is 23.8 Å². The molecule has 3 heterocycles. The van der Waals surface area contributed by atoms with Gasteiger partial charge in [0.2, 0.25) is 0 Å². The zero-order chi connectivity index (χ0) is 22.0. The average Bonchev–Trinajstić information content (AvgIpc) is 3.17. The van der Waals surface area contributed by atoms with Crippen LogP contribution in [0.1, 0.15) is 16.1 Å². The number of carbonyl (C=O) groups excluding carboxylic acids is 1. The van der Waals surface area contributed by atoms with Crippen molar-refractivity contribution >= 4 is 16.9 Å². The summed E-state index contributed by atoms with van der Waals surface area (Å²) in [4.78, 5) is 40.6. The van der Waals surface area contributed by atoms with Crippen molar-refractivity contribution in [2.75, 3.05) is 6.54 Å². The molecule has 0 aliphatic carbocycles. The highest BCUT2D eigenvalue weighted by Gasteiger charge is 2.12. The largest absolute Gasteiger partial charge is 0.349 e. The van der Waals surface area contributed by atoms with Crippen molar-refractivity contribution in [3.63, 3.8) is 0 Å². The number of nitrogens with zero attached hydrogens (tertiary/aromatic N) is 6. The molecule has 3 aromatic heterocycles. The summed E-state index contributed by atoms with van der Waals surface area (Å²) in [6.45, 7) is 0.770. The van der Waals surface area contributed by atoms with Gasteiger partial charge in [0.1, 0.15) is 23.2 Å². The van der Waals surface area contributed by atoms with Crippen LogP contribution in [-0.2, 0) is 20.1 Å². The first-order valence-electron chi connectivity index (χ1n) is 9.40. The van der Waals surface area contributed by atoms with Crippen molar-refractivity contribution < 1.29 is 9.18 Å². The third kappa shape index (κ3) is 4.25. The van der Waals surface area contributed by atoms with Crippen molar-refractivity contribution in [2.45, 2.75) is 13.1 Å². The molecule has 4 rings (SSSR count). The number of nitrogens with one attached hydrogen (secondary N) is 1. The lowest BCUT2D eigenvalue weighted by Gasteiger charge is -2.08. The second-order valence-electron chi connectivity index (χ2n) is 6.85. The fraction of sp³-hybridized carbons (Fsp3) is 0.200. The van der Waals surface area contributed by atoms with Gasteiger partial charge in [-0.15, -0.1) is 0 Å². The Hall–Kier alpha value is -4.15. The zero-order valence-corrected chi connectivity index (χ0v) is 16.5. The van der Waals surface area contributed by atoms with Crippen LogP contribution in [0.15, 0.2) is 58.5 Å². The minimum atomic E-state index is -0.429. The number of hydrogen-bond donors (Lipinski definition) is 1. The third-order valence-electron chi connectivity index (χ3n) is 4.69. The highest BCUT2D eigenvalue weighted by atomic mass is 19.1. The van der Waals surface area contributed by atoms with Gasteiger partial charge < -0.3 is 5.32 Å². The van der Waals surface area contributed by atoms with Crippen LogP contribution < -0.4 is 16.4 Å². The Morgan fingerprint density at radius 2 is 1.90 bits per heavy atom. The molecule has 11 heteroatoms.